The first-order valence-electron chi connectivity index (χ1n) is 17.9. The number of rotatable bonds is 4. The van der Waals surface area contributed by atoms with E-state index in [0.717, 1.165) is 57.2 Å². The van der Waals surface area contributed by atoms with Crippen molar-refractivity contribution in [3.63, 3.8) is 0 Å². The highest BCUT2D eigenvalue weighted by atomic mass is 15.2. The largest absolute Gasteiger partial charge is 0.341 e. The zero-order valence-corrected chi connectivity index (χ0v) is 28.9. The Bertz CT molecular complexity index is 2260. The maximum absolute atomic E-state index is 4.95. The smallest absolute Gasteiger partial charge is 0.0613 e. The lowest BCUT2D eigenvalue weighted by Gasteiger charge is -2.40. The van der Waals surface area contributed by atoms with Gasteiger partial charge in [0.15, 0.2) is 0 Å². The normalized spacial score (nSPS) is 23.6. The fraction of sp³-hybridized carbons (Fsp3) is 0.366. The van der Waals surface area contributed by atoms with Gasteiger partial charge in [0.05, 0.1) is 29.9 Å². The van der Waals surface area contributed by atoms with Crippen LogP contribution in [0.4, 0.5) is 0 Å². The van der Waals surface area contributed by atoms with Crippen LogP contribution in [-0.4, -0.2) is 49.0 Å². The van der Waals surface area contributed by atoms with E-state index < -0.39 is 0 Å². The Morgan fingerprint density at radius 1 is 0.653 bits per heavy atom. The van der Waals surface area contributed by atoms with Crippen molar-refractivity contribution in [1.82, 2.24) is 39.5 Å². The molecular weight excluding hydrogens is 605 g/mol. The van der Waals surface area contributed by atoms with Crippen LogP contribution in [0.1, 0.15) is 80.3 Å². The summed E-state index contributed by atoms with van der Waals surface area (Å²) < 4.78 is 5.21. The number of aryl methyl sites for hydroxylation is 3. The summed E-state index contributed by atoms with van der Waals surface area (Å²) in [5.74, 6) is 0. The monoisotopic (exact) mass is 648 g/mol. The molecule has 0 amide bonds. The molecule has 248 valence electrons. The number of likely N-dealkylation sites (N-methyl/N-ethyl adjacent to an activating group) is 1. The van der Waals surface area contributed by atoms with Gasteiger partial charge in [0, 0.05) is 97.1 Å². The van der Waals surface area contributed by atoms with Crippen LogP contribution in [0.5, 0.6) is 0 Å². The molecule has 4 aromatic heterocycles. The number of hydrogen-bond acceptors (Lipinski definition) is 6. The fourth-order valence-corrected chi connectivity index (χ4v) is 9.46. The van der Waals surface area contributed by atoms with Gasteiger partial charge in [-0.05, 0) is 92.5 Å². The summed E-state index contributed by atoms with van der Waals surface area (Å²) in [6.07, 6.45) is 4.08. The Kier molecular flexibility index (Phi) is 6.69. The molecule has 0 radical (unpaired) electrons. The standard InChI is InChI=1S/C41H44N8/c1-24-5-9-38-30(13-24)32-18-46(4)20-36-40(32)48(38)22-34(44-36)27-11-12-42-29(15-27)17-47-19-33-31-14-25(2)6-10-39(31)49-23-35(45-37(21-47)41(33)49)28-8-7-26(3)43-16-28/h5-16,34-37,44-45H,17-23H2,1-4H3. The lowest BCUT2D eigenvalue weighted by Crippen LogP contribution is -2.45. The summed E-state index contributed by atoms with van der Waals surface area (Å²) in [6.45, 7) is 13.1. The summed E-state index contributed by atoms with van der Waals surface area (Å²) in [5, 5.41) is 10.9. The van der Waals surface area contributed by atoms with Crippen LogP contribution >= 0.6 is 0 Å². The number of nitrogens with zero attached hydrogens (tertiary/aromatic N) is 6. The summed E-state index contributed by atoms with van der Waals surface area (Å²) in [7, 11) is 2.25. The van der Waals surface area contributed by atoms with E-state index in [1.54, 1.807) is 0 Å². The molecule has 6 aromatic rings. The highest BCUT2D eigenvalue weighted by Gasteiger charge is 2.38. The average Bonchev–Trinajstić information content (AvgIpc) is 3.57. The van der Waals surface area contributed by atoms with E-state index >= 15 is 0 Å². The van der Waals surface area contributed by atoms with Crippen LogP contribution in [0.3, 0.4) is 0 Å². The van der Waals surface area contributed by atoms with Gasteiger partial charge >= 0.3 is 0 Å². The molecule has 2 aromatic carbocycles. The zero-order valence-electron chi connectivity index (χ0n) is 28.9. The van der Waals surface area contributed by atoms with Crippen molar-refractivity contribution >= 4 is 21.8 Å². The Labute approximate surface area is 287 Å². The molecule has 4 aliphatic heterocycles. The maximum atomic E-state index is 4.95. The predicted octanol–water partition coefficient (Wildman–Crippen LogP) is 6.54. The quantitative estimate of drug-likeness (QED) is 0.226. The topological polar surface area (TPSA) is 66.2 Å². The van der Waals surface area contributed by atoms with Gasteiger partial charge in [0.25, 0.3) is 0 Å². The van der Waals surface area contributed by atoms with Gasteiger partial charge < -0.3 is 14.0 Å². The van der Waals surface area contributed by atoms with E-state index in [0.29, 0.717) is 6.04 Å². The fourth-order valence-electron chi connectivity index (χ4n) is 9.46. The number of nitrogens with one attached hydrogen (secondary N) is 2. The molecule has 0 saturated heterocycles. The van der Waals surface area contributed by atoms with E-state index in [9.17, 15) is 0 Å². The lowest BCUT2D eigenvalue weighted by atomic mass is 9.95. The van der Waals surface area contributed by atoms with E-state index in [1.807, 2.05) is 6.20 Å². The molecule has 0 saturated carbocycles. The first-order valence-corrected chi connectivity index (χ1v) is 17.9. The van der Waals surface area contributed by atoms with Crippen molar-refractivity contribution < 1.29 is 0 Å². The SMILES string of the molecule is Cc1ccc2c(c1)c1c3n2CC(c2ccnc(CN4Cc5c6n(c7ccc(C)cc57)CC(c5ccc(C)nc5)NC6C4)c2)NC3CN(C)C1. The van der Waals surface area contributed by atoms with E-state index in [4.69, 9.17) is 4.98 Å². The van der Waals surface area contributed by atoms with Gasteiger partial charge in [-0.15, -0.1) is 0 Å². The molecule has 49 heavy (non-hydrogen) atoms. The minimum absolute atomic E-state index is 0.215. The second-order valence-corrected chi connectivity index (χ2v) is 15.2. The van der Waals surface area contributed by atoms with Gasteiger partial charge in [0.2, 0.25) is 0 Å². The number of aromatic nitrogens is 4. The predicted molar refractivity (Wildman–Crippen MR) is 194 cm³/mol. The number of benzene rings is 2. The molecule has 0 spiro atoms. The van der Waals surface area contributed by atoms with Crippen molar-refractivity contribution in [2.24, 2.45) is 0 Å². The zero-order chi connectivity index (χ0) is 33.0. The summed E-state index contributed by atoms with van der Waals surface area (Å²) in [5.41, 5.74) is 16.0. The Morgan fingerprint density at radius 3 is 1.98 bits per heavy atom. The van der Waals surface area contributed by atoms with Gasteiger partial charge in [-0.3, -0.25) is 25.5 Å². The highest BCUT2D eigenvalue weighted by molar-refractivity contribution is 5.88. The van der Waals surface area contributed by atoms with Crippen molar-refractivity contribution in [1.29, 1.82) is 0 Å². The third-order valence-corrected chi connectivity index (χ3v) is 11.6. The van der Waals surface area contributed by atoms with Crippen LogP contribution < -0.4 is 10.6 Å². The molecule has 4 aliphatic rings. The minimum Gasteiger partial charge on any atom is -0.341 e. The average molecular weight is 649 g/mol. The van der Waals surface area contributed by atoms with Crippen LogP contribution in [0.2, 0.25) is 0 Å². The van der Waals surface area contributed by atoms with Gasteiger partial charge in [0.1, 0.15) is 0 Å². The molecular formula is C41H44N8. The Hall–Kier alpha value is -4.34. The Balaban J connectivity index is 0.963. The number of pyridine rings is 2. The van der Waals surface area contributed by atoms with Gasteiger partial charge in [-0.2, -0.15) is 0 Å². The molecule has 0 fully saturated rings. The van der Waals surface area contributed by atoms with Crippen LogP contribution in [0.15, 0.2) is 73.1 Å². The second-order valence-electron chi connectivity index (χ2n) is 15.2. The van der Waals surface area contributed by atoms with Crippen LogP contribution in [0, 0.1) is 20.8 Å². The molecule has 2 N–H and O–H groups in total. The summed E-state index contributed by atoms with van der Waals surface area (Å²) >= 11 is 0. The van der Waals surface area contributed by atoms with E-state index in [1.165, 1.54) is 66.6 Å². The maximum Gasteiger partial charge on any atom is 0.0613 e. The van der Waals surface area contributed by atoms with Crippen molar-refractivity contribution in [2.75, 3.05) is 20.1 Å². The molecule has 4 atom stereocenters. The van der Waals surface area contributed by atoms with E-state index in [2.05, 4.69) is 129 Å². The lowest BCUT2D eigenvalue weighted by molar-refractivity contribution is 0.177. The van der Waals surface area contributed by atoms with Gasteiger partial charge in [-0.1, -0.05) is 29.3 Å². The van der Waals surface area contributed by atoms with Crippen LogP contribution in [0.25, 0.3) is 21.8 Å². The van der Waals surface area contributed by atoms with Crippen LogP contribution in [-0.2, 0) is 32.7 Å². The summed E-state index contributed by atoms with van der Waals surface area (Å²) in [4.78, 5) is 14.7. The second kappa shape index (κ2) is 11.1. The highest BCUT2D eigenvalue weighted by Crippen LogP contribution is 2.43. The van der Waals surface area contributed by atoms with E-state index in [-0.39, 0.29) is 18.1 Å². The molecule has 8 nitrogen and oxygen atoms in total. The Morgan fingerprint density at radius 2 is 1.31 bits per heavy atom. The molecule has 10 rings (SSSR count). The number of hydrogen-bond donors (Lipinski definition) is 2. The summed E-state index contributed by atoms with van der Waals surface area (Å²) in [6, 6.07) is 23.9. The number of fused-ring (bicyclic) bond motifs is 6. The van der Waals surface area contributed by atoms with Gasteiger partial charge in [-0.25, -0.2) is 0 Å². The molecule has 4 unspecified atom stereocenters. The first-order chi connectivity index (χ1) is 23.9. The minimum atomic E-state index is 0.215. The molecule has 8 heterocycles. The van der Waals surface area contributed by atoms with Crippen molar-refractivity contribution in [3.8, 4) is 0 Å². The van der Waals surface area contributed by atoms with Crippen molar-refractivity contribution in [2.45, 2.75) is 77.7 Å². The molecule has 8 heteroatoms. The molecule has 0 bridgehead atoms. The third kappa shape index (κ3) is 4.80. The third-order valence-electron chi connectivity index (χ3n) is 11.6. The van der Waals surface area contributed by atoms with Crippen molar-refractivity contribution in [3.05, 3.63) is 129 Å². The molecule has 0 aliphatic carbocycles. The first kappa shape index (κ1) is 29.6.